The lowest BCUT2D eigenvalue weighted by Gasteiger charge is -2.05. The van der Waals surface area contributed by atoms with Crippen LogP contribution in [0.25, 0.3) is 11.1 Å². The fraction of sp³-hybridized carbons (Fsp3) is 0.250. The minimum Gasteiger partial charge on any atom is -0.316 e. The van der Waals surface area contributed by atoms with Crippen LogP contribution in [0.5, 0.6) is 0 Å². The van der Waals surface area contributed by atoms with Gasteiger partial charge in [-0.15, -0.1) is 0 Å². The summed E-state index contributed by atoms with van der Waals surface area (Å²) in [7, 11) is 1.84. The molecule has 0 aliphatic rings. The number of benzene rings is 1. The summed E-state index contributed by atoms with van der Waals surface area (Å²) in [6, 6.07) is 5.51. The van der Waals surface area contributed by atoms with E-state index in [-0.39, 0.29) is 0 Å². The van der Waals surface area contributed by atoms with Crippen molar-refractivity contribution >= 4 is 11.6 Å². The smallest absolute Gasteiger partial charge is 0.316 e. The Kier molecular flexibility index (Phi) is 3.93. The van der Waals surface area contributed by atoms with E-state index in [4.69, 9.17) is 11.6 Å². The molecule has 0 saturated carbocycles. The van der Waals surface area contributed by atoms with Crippen molar-refractivity contribution in [3.05, 3.63) is 41.2 Å². The van der Waals surface area contributed by atoms with Gasteiger partial charge in [-0.25, -0.2) is 4.68 Å². The molecular weight excluding hydrogens is 260 g/mol. The van der Waals surface area contributed by atoms with Gasteiger partial charge in [0.05, 0.1) is 6.20 Å². The third-order valence-corrected chi connectivity index (χ3v) is 2.85. The zero-order chi connectivity index (χ0) is 13.1. The van der Waals surface area contributed by atoms with Gasteiger partial charge in [-0.3, -0.25) is 0 Å². The van der Waals surface area contributed by atoms with Crippen molar-refractivity contribution in [3.8, 4) is 11.1 Å². The van der Waals surface area contributed by atoms with Crippen LogP contribution in [0.1, 0.15) is 12.1 Å². The molecule has 2 aromatic rings. The predicted octanol–water partition coefficient (Wildman–Crippen LogP) is 3.32. The van der Waals surface area contributed by atoms with Gasteiger partial charge in [0.15, 0.2) is 0 Å². The van der Waals surface area contributed by atoms with E-state index in [1.165, 1.54) is 12.4 Å². The summed E-state index contributed by atoms with van der Waals surface area (Å²) in [5.74, 6) is 0. The largest absolute Gasteiger partial charge is 0.333 e. The summed E-state index contributed by atoms with van der Waals surface area (Å²) in [5.41, 5.74) is 2.32. The minimum atomic E-state index is -2.64. The number of aromatic nitrogens is 2. The fourth-order valence-electron chi connectivity index (χ4n) is 1.69. The molecule has 1 heterocycles. The van der Waals surface area contributed by atoms with Crippen molar-refractivity contribution in [1.82, 2.24) is 15.1 Å². The van der Waals surface area contributed by atoms with Crippen molar-refractivity contribution in [1.29, 1.82) is 0 Å². The molecule has 0 aliphatic heterocycles. The Balaban J connectivity index is 2.38. The zero-order valence-electron chi connectivity index (χ0n) is 9.70. The molecule has 0 fully saturated rings. The maximum absolute atomic E-state index is 12.5. The standard InChI is InChI=1S/C12H12ClF2N3/c1-16-5-8-2-3-11(13)10(4-8)9-6-17-18(7-9)12(14)15/h2-4,6-7,12,16H,5H2,1H3. The Hall–Kier alpha value is -1.46. The lowest BCUT2D eigenvalue weighted by molar-refractivity contribution is 0.0566. The molecule has 0 atom stereocenters. The first-order chi connectivity index (χ1) is 8.61. The number of rotatable bonds is 4. The van der Waals surface area contributed by atoms with Crippen LogP contribution in [0.3, 0.4) is 0 Å². The molecule has 3 nitrogen and oxygen atoms in total. The van der Waals surface area contributed by atoms with Crippen LogP contribution in [0.2, 0.25) is 5.02 Å². The molecular formula is C12H12ClF2N3. The highest BCUT2D eigenvalue weighted by Crippen LogP contribution is 2.29. The van der Waals surface area contributed by atoms with Gasteiger partial charge < -0.3 is 5.32 Å². The second-order valence-corrected chi connectivity index (χ2v) is 4.24. The summed E-state index contributed by atoms with van der Waals surface area (Å²) in [6.45, 7) is -1.95. The van der Waals surface area contributed by atoms with E-state index in [2.05, 4.69) is 10.4 Å². The second kappa shape index (κ2) is 5.46. The molecule has 1 aromatic heterocycles. The van der Waals surface area contributed by atoms with Crippen LogP contribution in [0.4, 0.5) is 8.78 Å². The summed E-state index contributed by atoms with van der Waals surface area (Å²) in [4.78, 5) is 0. The SMILES string of the molecule is CNCc1ccc(Cl)c(-c2cnn(C(F)F)c2)c1. The average molecular weight is 272 g/mol. The summed E-state index contributed by atoms with van der Waals surface area (Å²) in [5, 5.41) is 7.14. The quantitative estimate of drug-likeness (QED) is 0.924. The Morgan fingerprint density at radius 1 is 1.44 bits per heavy atom. The lowest BCUT2D eigenvalue weighted by atomic mass is 10.1. The minimum absolute atomic E-state index is 0.517. The normalized spacial score (nSPS) is 11.2. The van der Waals surface area contributed by atoms with Gasteiger partial charge >= 0.3 is 6.55 Å². The highest BCUT2D eigenvalue weighted by molar-refractivity contribution is 6.33. The monoisotopic (exact) mass is 271 g/mol. The second-order valence-electron chi connectivity index (χ2n) is 3.83. The Labute approximate surface area is 108 Å². The molecule has 0 unspecified atom stereocenters. The molecule has 0 radical (unpaired) electrons. The van der Waals surface area contributed by atoms with E-state index in [1.54, 1.807) is 6.07 Å². The van der Waals surface area contributed by atoms with Crippen molar-refractivity contribution < 1.29 is 8.78 Å². The Bertz CT molecular complexity index is 540. The average Bonchev–Trinajstić information content (AvgIpc) is 2.81. The van der Waals surface area contributed by atoms with E-state index in [0.29, 0.717) is 27.4 Å². The van der Waals surface area contributed by atoms with Crippen molar-refractivity contribution in [2.75, 3.05) is 7.05 Å². The maximum Gasteiger partial charge on any atom is 0.333 e. The van der Waals surface area contributed by atoms with E-state index in [1.807, 2.05) is 19.2 Å². The highest BCUT2D eigenvalue weighted by atomic mass is 35.5. The number of halogens is 3. The van der Waals surface area contributed by atoms with Crippen LogP contribution in [0.15, 0.2) is 30.6 Å². The molecule has 0 saturated heterocycles. The van der Waals surface area contributed by atoms with Crippen LogP contribution in [0, 0.1) is 0 Å². The van der Waals surface area contributed by atoms with Crippen LogP contribution >= 0.6 is 11.6 Å². The van der Waals surface area contributed by atoms with E-state index < -0.39 is 6.55 Å². The fourth-order valence-corrected chi connectivity index (χ4v) is 1.92. The predicted molar refractivity (Wildman–Crippen MR) is 66.7 cm³/mol. The molecule has 6 heteroatoms. The van der Waals surface area contributed by atoms with Crippen LogP contribution < -0.4 is 5.32 Å². The Morgan fingerprint density at radius 3 is 2.83 bits per heavy atom. The third kappa shape index (κ3) is 2.68. The zero-order valence-corrected chi connectivity index (χ0v) is 10.5. The van der Waals surface area contributed by atoms with Gasteiger partial charge in [0, 0.05) is 28.9 Å². The summed E-state index contributed by atoms with van der Waals surface area (Å²) >= 11 is 6.07. The van der Waals surface area contributed by atoms with Gasteiger partial charge in [0.2, 0.25) is 0 Å². The van der Waals surface area contributed by atoms with Gasteiger partial charge in [-0.1, -0.05) is 17.7 Å². The van der Waals surface area contributed by atoms with Gasteiger partial charge in [-0.05, 0) is 24.7 Å². The van der Waals surface area contributed by atoms with Crippen LogP contribution in [-0.4, -0.2) is 16.8 Å². The molecule has 96 valence electrons. The summed E-state index contributed by atoms with van der Waals surface area (Å²) < 4.78 is 25.5. The third-order valence-electron chi connectivity index (χ3n) is 2.52. The molecule has 1 N–H and O–H groups in total. The molecule has 18 heavy (non-hydrogen) atoms. The first-order valence-electron chi connectivity index (χ1n) is 5.37. The van der Waals surface area contributed by atoms with E-state index >= 15 is 0 Å². The first kappa shape index (κ1) is 13.0. The first-order valence-corrected chi connectivity index (χ1v) is 5.75. The van der Waals surface area contributed by atoms with Crippen molar-refractivity contribution in [2.24, 2.45) is 0 Å². The topological polar surface area (TPSA) is 29.9 Å². The number of nitrogens with zero attached hydrogens (tertiary/aromatic N) is 2. The molecule has 0 spiro atoms. The molecule has 2 rings (SSSR count). The van der Waals surface area contributed by atoms with Crippen molar-refractivity contribution in [3.63, 3.8) is 0 Å². The van der Waals surface area contributed by atoms with Crippen molar-refractivity contribution in [2.45, 2.75) is 13.1 Å². The molecule has 0 bridgehead atoms. The number of hydrogen-bond acceptors (Lipinski definition) is 2. The summed E-state index contributed by atoms with van der Waals surface area (Å²) in [6.07, 6.45) is 2.67. The van der Waals surface area contributed by atoms with Gasteiger partial charge in [-0.2, -0.15) is 13.9 Å². The number of alkyl halides is 2. The molecule has 0 aliphatic carbocycles. The number of hydrogen-bond donors (Lipinski definition) is 1. The Morgan fingerprint density at radius 2 is 2.22 bits per heavy atom. The lowest BCUT2D eigenvalue weighted by Crippen LogP contribution is -2.04. The van der Waals surface area contributed by atoms with E-state index in [0.717, 1.165) is 5.56 Å². The molecule has 0 amide bonds. The van der Waals surface area contributed by atoms with Crippen LogP contribution in [-0.2, 0) is 6.54 Å². The maximum atomic E-state index is 12.5. The highest BCUT2D eigenvalue weighted by Gasteiger charge is 2.11. The molecule has 1 aromatic carbocycles. The van der Waals surface area contributed by atoms with Gasteiger partial charge in [0.25, 0.3) is 0 Å². The number of nitrogens with one attached hydrogen (secondary N) is 1. The van der Waals surface area contributed by atoms with E-state index in [9.17, 15) is 8.78 Å². The van der Waals surface area contributed by atoms with Gasteiger partial charge in [0.1, 0.15) is 0 Å².